The van der Waals surface area contributed by atoms with E-state index < -0.39 is 10.4 Å². The molecule has 0 radical (unpaired) electrons. The lowest BCUT2D eigenvalue weighted by Crippen LogP contribution is -2.52. The van der Waals surface area contributed by atoms with Gasteiger partial charge in [-0.25, -0.2) is 4.28 Å². The van der Waals surface area contributed by atoms with Crippen LogP contribution >= 0.6 is 0 Å². The number of aromatic nitrogens is 3. The summed E-state index contributed by atoms with van der Waals surface area (Å²) in [5, 5.41) is 3.10. The number of aryl methyl sites for hydroxylation is 2. The number of anilines is 2. The van der Waals surface area contributed by atoms with Gasteiger partial charge in [0.05, 0.1) is 0 Å². The summed E-state index contributed by atoms with van der Waals surface area (Å²) < 4.78 is 36.5. The molecule has 2 rings (SSSR count). The Morgan fingerprint density at radius 2 is 1.86 bits per heavy atom. The third-order valence-corrected chi connectivity index (χ3v) is 4.43. The lowest BCUT2D eigenvalue weighted by atomic mass is 10.1. The van der Waals surface area contributed by atoms with Crippen molar-refractivity contribution in [2.24, 2.45) is 0 Å². The molecule has 154 valence electrons. The van der Waals surface area contributed by atoms with E-state index in [9.17, 15) is 8.42 Å². The lowest BCUT2D eigenvalue weighted by Gasteiger charge is -2.08. The van der Waals surface area contributed by atoms with Gasteiger partial charge >= 0.3 is 22.3 Å². The summed E-state index contributed by atoms with van der Waals surface area (Å²) in [6, 6.07) is 10.1. The highest BCUT2D eigenvalue weighted by molar-refractivity contribution is 7.80. The van der Waals surface area contributed by atoms with E-state index in [0.717, 1.165) is 43.3 Å². The molecule has 0 aliphatic heterocycles. The number of nitrogens with one attached hydrogen (secondary N) is 1. The number of hydrogen-bond donors (Lipinski definition) is 3. The summed E-state index contributed by atoms with van der Waals surface area (Å²) in [4.78, 5) is 8.34. The van der Waals surface area contributed by atoms with Crippen LogP contribution in [-0.2, 0) is 23.2 Å². The van der Waals surface area contributed by atoms with Crippen LogP contribution in [0.1, 0.15) is 50.4 Å². The van der Waals surface area contributed by atoms with Crippen LogP contribution < -0.4 is 20.1 Å². The molecule has 0 spiro atoms. The Hall–Kier alpha value is -2.46. The first kappa shape index (κ1) is 21.8. The molecule has 1 heterocycles. The first-order valence-corrected chi connectivity index (χ1v) is 10.8. The molecule has 9 nitrogen and oxygen atoms in total. The normalized spacial score (nSPS) is 11.4. The summed E-state index contributed by atoms with van der Waals surface area (Å²) in [6.07, 6.45) is 6.10. The predicted molar refractivity (Wildman–Crippen MR) is 106 cm³/mol. The number of unbranched alkanes of at least 4 members (excludes halogenated alkanes) is 3. The number of benzene rings is 1. The van der Waals surface area contributed by atoms with Crippen LogP contribution in [0.4, 0.5) is 11.9 Å². The van der Waals surface area contributed by atoms with E-state index in [1.165, 1.54) is 5.56 Å². The number of nitrogens with zero attached hydrogens (tertiary/aromatic N) is 3. The quantitative estimate of drug-likeness (QED) is 0.274. The maximum atomic E-state index is 11.1. The Bertz CT molecular complexity index is 847. The summed E-state index contributed by atoms with van der Waals surface area (Å²) in [6.45, 7) is 2.73. The number of nitrogens with two attached hydrogens (primary N) is 1. The van der Waals surface area contributed by atoms with Gasteiger partial charge in [-0.2, -0.15) is 8.42 Å². The third kappa shape index (κ3) is 7.65. The molecule has 28 heavy (non-hydrogen) atoms. The van der Waals surface area contributed by atoms with Gasteiger partial charge in [-0.1, -0.05) is 66.5 Å². The summed E-state index contributed by atoms with van der Waals surface area (Å²) in [7, 11) is -4.74. The van der Waals surface area contributed by atoms with Crippen molar-refractivity contribution in [3.8, 4) is 0 Å². The number of hydrogen-bond acceptors (Lipinski definition) is 7. The zero-order chi connectivity index (χ0) is 20.4. The van der Waals surface area contributed by atoms with Gasteiger partial charge in [0.2, 0.25) is 0 Å². The van der Waals surface area contributed by atoms with Gasteiger partial charge in [-0.3, -0.25) is 4.55 Å². The SMILES string of the molecule is CCCCCCc1nc(NCCCc2ccccc2)nc(N)[n+]1OS(=O)(=O)O. The molecule has 10 heteroatoms. The monoisotopic (exact) mass is 410 g/mol. The van der Waals surface area contributed by atoms with Gasteiger partial charge in [-0.05, 0) is 29.6 Å². The molecule has 1 aromatic carbocycles. The molecule has 4 N–H and O–H groups in total. The molecule has 0 saturated carbocycles. The van der Waals surface area contributed by atoms with Gasteiger partial charge in [0.1, 0.15) is 0 Å². The second kappa shape index (κ2) is 10.8. The van der Waals surface area contributed by atoms with Crippen LogP contribution in [0.15, 0.2) is 30.3 Å². The van der Waals surface area contributed by atoms with E-state index >= 15 is 0 Å². The summed E-state index contributed by atoms with van der Waals surface area (Å²) in [5.74, 6) is 0.377. The zero-order valence-electron chi connectivity index (χ0n) is 16.0. The van der Waals surface area contributed by atoms with Crippen molar-refractivity contribution in [2.75, 3.05) is 17.6 Å². The van der Waals surface area contributed by atoms with E-state index in [0.29, 0.717) is 18.9 Å². The largest absolute Gasteiger partial charge is 0.474 e. The van der Waals surface area contributed by atoms with Gasteiger partial charge in [-0.15, -0.1) is 0 Å². The van der Waals surface area contributed by atoms with E-state index in [-0.39, 0.29) is 11.8 Å². The van der Waals surface area contributed by atoms with Crippen molar-refractivity contribution >= 4 is 22.3 Å². The molecule has 1 aromatic heterocycles. The van der Waals surface area contributed by atoms with Crippen molar-refractivity contribution in [3.63, 3.8) is 0 Å². The molecule has 0 atom stereocenters. The molecule has 0 amide bonds. The number of nitrogen functional groups attached to an aromatic ring is 1. The molecule has 0 saturated heterocycles. The Morgan fingerprint density at radius 3 is 2.54 bits per heavy atom. The smallest absolute Gasteiger partial charge is 0.333 e. The molecule has 2 aromatic rings. The minimum Gasteiger partial charge on any atom is -0.333 e. The molecular formula is C18H28N5O4S+. The van der Waals surface area contributed by atoms with E-state index in [2.05, 4.69) is 38.6 Å². The number of rotatable bonds is 12. The Kier molecular flexibility index (Phi) is 8.40. The van der Waals surface area contributed by atoms with Gasteiger partial charge < -0.3 is 11.1 Å². The Balaban J connectivity index is 2.03. The van der Waals surface area contributed by atoms with Crippen LogP contribution in [0.5, 0.6) is 0 Å². The Morgan fingerprint density at radius 1 is 1.11 bits per heavy atom. The van der Waals surface area contributed by atoms with Crippen molar-refractivity contribution < 1.29 is 22.0 Å². The molecule has 0 unspecified atom stereocenters. The minimum atomic E-state index is -4.74. The maximum Gasteiger partial charge on any atom is 0.474 e. The lowest BCUT2D eigenvalue weighted by molar-refractivity contribution is -0.854. The Labute approximate surface area is 165 Å². The molecule has 0 fully saturated rings. The van der Waals surface area contributed by atoms with Gasteiger partial charge in [0.15, 0.2) is 0 Å². The minimum absolute atomic E-state index is 0.205. The van der Waals surface area contributed by atoms with Crippen LogP contribution in [0.25, 0.3) is 0 Å². The van der Waals surface area contributed by atoms with Crippen LogP contribution in [0.2, 0.25) is 0 Å². The topological polar surface area (TPSA) is 131 Å². The van der Waals surface area contributed by atoms with Gasteiger partial charge in [0.25, 0.3) is 5.82 Å². The second-order valence-corrected chi connectivity index (χ2v) is 7.45. The van der Waals surface area contributed by atoms with Crippen LogP contribution in [0.3, 0.4) is 0 Å². The van der Waals surface area contributed by atoms with Crippen LogP contribution in [-0.4, -0.2) is 29.5 Å². The maximum absolute atomic E-state index is 11.1. The average Bonchev–Trinajstić information content (AvgIpc) is 2.65. The zero-order valence-corrected chi connectivity index (χ0v) is 16.9. The molecule has 0 aliphatic carbocycles. The van der Waals surface area contributed by atoms with Crippen LogP contribution in [0, 0.1) is 0 Å². The molecular weight excluding hydrogens is 382 g/mol. The standard InChI is InChI=1S/C18H27N5O4S/c1-2-3-4-8-13-16-21-18(22-17(19)23(16)27-28(24,25)26)20-14-9-12-15-10-6-5-7-11-15/h5-7,10-11H,2-4,8-9,12-14H2,1H3,(H3,19,20,22,24,25,26)/p+1. The van der Waals surface area contributed by atoms with Crippen molar-refractivity contribution in [2.45, 2.75) is 51.9 Å². The fourth-order valence-corrected chi connectivity index (χ4v) is 3.09. The van der Waals surface area contributed by atoms with E-state index in [4.69, 9.17) is 10.3 Å². The predicted octanol–water partition coefficient (Wildman–Crippen LogP) is 1.75. The third-order valence-electron chi connectivity index (χ3n) is 4.09. The highest BCUT2D eigenvalue weighted by atomic mass is 32.3. The van der Waals surface area contributed by atoms with Gasteiger partial charge in [0, 0.05) is 13.0 Å². The van der Waals surface area contributed by atoms with E-state index in [1.54, 1.807) is 0 Å². The fraction of sp³-hybridized carbons (Fsp3) is 0.500. The van der Waals surface area contributed by atoms with E-state index in [1.807, 2.05) is 18.2 Å². The summed E-state index contributed by atoms with van der Waals surface area (Å²) >= 11 is 0. The fourth-order valence-electron chi connectivity index (χ4n) is 2.74. The molecule has 0 bridgehead atoms. The first-order valence-electron chi connectivity index (χ1n) is 9.42. The average molecular weight is 411 g/mol. The second-order valence-electron chi connectivity index (χ2n) is 6.44. The highest BCUT2D eigenvalue weighted by Gasteiger charge is 2.24. The summed E-state index contributed by atoms with van der Waals surface area (Å²) in [5.41, 5.74) is 7.07. The van der Waals surface area contributed by atoms with Crippen molar-refractivity contribution in [1.29, 1.82) is 0 Å². The van der Waals surface area contributed by atoms with Crippen molar-refractivity contribution in [3.05, 3.63) is 41.7 Å². The first-order chi connectivity index (χ1) is 13.4. The molecule has 0 aliphatic rings. The highest BCUT2D eigenvalue weighted by Crippen LogP contribution is 2.08. The van der Waals surface area contributed by atoms with Crippen molar-refractivity contribution in [1.82, 2.24) is 9.97 Å².